The van der Waals surface area contributed by atoms with Gasteiger partial charge in [0.05, 0.1) is 18.3 Å². The molecule has 2 aromatic rings. The molecule has 28 heavy (non-hydrogen) atoms. The summed E-state index contributed by atoms with van der Waals surface area (Å²) in [7, 11) is 0. The molecule has 1 amide bonds. The molecule has 0 aliphatic carbocycles. The normalized spacial score (nSPS) is 19.9. The van der Waals surface area contributed by atoms with Gasteiger partial charge >= 0.3 is 0 Å². The van der Waals surface area contributed by atoms with Crippen LogP contribution in [-0.2, 0) is 4.79 Å². The molecule has 0 aromatic heterocycles. The van der Waals surface area contributed by atoms with Crippen LogP contribution in [0.2, 0.25) is 0 Å². The SMILES string of the molecule is Cc1ccc([C@@H]2CC(c3cc(C)ccc3C)=NN2C(=O)CN2CCCC2)cc1. The molecule has 0 bridgehead atoms. The molecule has 1 saturated heterocycles. The Morgan fingerprint density at radius 3 is 2.39 bits per heavy atom. The zero-order valence-electron chi connectivity index (χ0n) is 17.1. The van der Waals surface area contributed by atoms with Crippen LogP contribution in [-0.4, -0.2) is 41.2 Å². The van der Waals surface area contributed by atoms with Gasteiger partial charge in [0.25, 0.3) is 5.91 Å². The summed E-state index contributed by atoms with van der Waals surface area (Å²) in [6.07, 6.45) is 3.14. The van der Waals surface area contributed by atoms with E-state index in [-0.39, 0.29) is 11.9 Å². The average molecular weight is 376 g/mol. The van der Waals surface area contributed by atoms with Crippen LogP contribution in [0.3, 0.4) is 0 Å². The molecule has 1 atom stereocenters. The fourth-order valence-corrected chi connectivity index (χ4v) is 4.20. The summed E-state index contributed by atoms with van der Waals surface area (Å²) >= 11 is 0. The number of nitrogens with zero attached hydrogens (tertiary/aromatic N) is 3. The Morgan fingerprint density at radius 2 is 1.68 bits per heavy atom. The van der Waals surface area contributed by atoms with E-state index in [0.717, 1.165) is 36.3 Å². The Labute approximate surface area is 167 Å². The third-order valence-corrected chi connectivity index (χ3v) is 5.89. The summed E-state index contributed by atoms with van der Waals surface area (Å²) in [5.41, 5.74) is 6.99. The van der Waals surface area contributed by atoms with Crippen LogP contribution in [0.1, 0.15) is 53.1 Å². The molecule has 2 aliphatic heterocycles. The predicted octanol–water partition coefficient (Wildman–Crippen LogP) is 4.39. The maximum atomic E-state index is 13.2. The summed E-state index contributed by atoms with van der Waals surface area (Å²) in [4.78, 5) is 15.4. The second-order valence-electron chi connectivity index (χ2n) is 8.22. The zero-order valence-corrected chi connectivity index (χ0v) is 17.1. The molecule has 4 rings (SSSR count). The Morgan fingerprint density at radius 1 is 1.00 bits per heavy atom. The van der Waals surface area contributed by atoms with E-state index in [1.54, 1.807) is 5.01 Å². The van der Waals surface area contributed by atoms with E-state index in [9.17, 15) is 4.79 Å². The van der Waals surface area contributed by atoms with Crippen molar-refractivity contribution in [2.45, 2.75) is 46.1 Å². The lowest BCUT2D eigenvalue weighted by atomic mass is 9.94. The standard InChI is InChI=1S/C24H29N3O/c1-17-7-10-20(11-8-17)23-15-22(21-14-18(2)6-9-19(21)3)25-27(23)24(28)16-26-12-4-5-13-26/h6-11,14,23H,4-5,12-13,15-16H2,1-3H3/t23-/m0/s1. The van der Waals surface area contributed by atoms with Crippen LogP contribution in [0.25, 0.3) is 0 Å². The van der Waals surface area contributed by atoms with Crippen LogP contribution in [0.4, 0.5) is 0 Å². The number of hydrazone groups is 1. The first-order valence-corrected chi connectivity index (χ1v) is 10.3. The molecule has 4 nitrogen and oxygen atoms in total. The van der Waals surface area contributed by atoms with Crippen molar-refractivity contribution in [2.75, 3.05) is 19.6 Å². The number of aryl methyl sites for hydroxylation is 3. The molecule has 4 heteroatoms. The minimum Gasteiger partial charge on any atom is -0.294 e. The fourth-order valence-electron chi connectivity index (χ4n) is 4.20. The molecule has 2 aliphatic rings. The third-order valence-electron chi connectivity index (χ3n) is 5.89. The van der Waals surface area contributed by atoms with Gasteiger partial charge in [-0.25, -0.2) is 5.01 Å². The van der Waals surface area contributed by atoms with E-state index in [0.29, 0.717) is 6.54 Å². The maximum absolute atomic E-state index is 13.2. The van der Waals surface area contributed by atoms with Crippen molar-refractivity contribution in [1.29, 1.82) is 0 Å². The highest BCUT2D eigenvalue weighted by Gasteiger charge is 2.34. The van der Waals surface area contributed by atoms with Gasteiger partial charge in [-0.1, -0.05) is 47.5 Å². The first-order chi connectivity index (χ1) is 13.5. The summed E-state index contributed by atoms with van der Waals surface area (Å²) < 4.78 is 0. The van der Waals surface area contributed by atoms with Crippen molar-refractivity contribution >= 4 is 11.6 Å². The van der Waals surface area contributed by atoms with E-state index < -0.39 is 0 Å². The summed E-state index contributed by atoms with van der Waals surface area (Å²) in [6, 6.07) is 14.9. The van der Waals surface area contributed by atoms with E-state index in [2.05, 4.69) is 68.1 Å². The van der Waals surface area contributed by atoms with Crippen molar-refractivity contribution < 1.29 is 4.79 Å². The molecule has 0 radical (unpaired) electrons. The van der Waals surface area contributed by atoms with Gasteiger partial charge in [0, 0.05) is 12.0 Å². The predicted molar refractivity (Wildman–Crippen MR) is 114 cm³/mol. The average Bonchev–Trinajstić information content (AvgIpc) is 3.34. The van der Waals surface area contributed by atoms with Crippen LogP contribution in [0, 0.1) is 20.8 Å². The number of likely N-dealkylation sites (tertiary alicyclic amines) is 1. The highest BCUT2D eigenvalue weighted by atomic mass is 16.2. The first kappa shape index (κ1) is 18.9. The third kappa shape index (κ3) is 3.88. The first-order valence-electron chi connectivity index (χ1n) is 10.3. The lowest BCUT2D eigenvalue weighted by Crippen LogP contribution is -2.36. The van der Waals surface area contributed by atoms with E-state index in [1.165, 1.54) is 29.5 Å². The lowest BCUT2D eigenvalue weighted by molar-refractivity contribution is -0.134. The van der Waals surface area contributed by atoms with E-state index in [4.69, 9.17) is 5.10 Å². The lowest BCUT2D eigenvalue weighted by Gasteiger charge is -2.24. The number of rotatable bonds is 4. The van der Waals surface area contributed by atoms with Gasteiger partial charge in [0.1, 0.15) is 0 Å². The van der Waals surface area contributed by atoms with E-state index >= 15 is 0 Å². The quantitative estimate of drug-likeness (QED) is 0.795. The molecule has 0 unspecified atom stereocenters. The molecule has 2 heterocycles. The summed E-state index contributed by atoms with van der Waals surface area (Å²) in [5, 5.41) is 6.61. The largest absolute Gasteiger partial charge is 0.294 e. The molecule has 0 saturated carbocycles. The second-order valence-corrected chi connectivity index (χ2v) is 8.22. The number of benzene rings is 2. The number of hydrogen-bond acceptors (Lipinski definition) is 3. The van der Waals surface area contributed by atoms with Crippen molar-refractivity contribution in [3.63, 3.8) is 0 Å². The smallest absolute Gasteiger partial charge is 0.257 e. The second kappa shape index (κ2) is 7.88. The maximum Gasteiger partial charge on any atom is 0.257 e. The molecular weight excluding hydrogens is 346 g/mol. The van der Waals surface area contributed by atoms with Gasteiger partial charge in [0.15, 0.2) is 0 Å². The van der Waals surface area contributed by atoms with Gasteiger partial charge in [-0.2, -0.15) is 5.10 Å². The number of hydrogen-bond donors (Lipinski definition) is 0. The Bertz CT molecular complexity index is 895. The van der Waals surface area contributed by atoms with Crippen LogP contribution < -0.4 is 0 Å². The molecule has 0 N–H and O–H groups in total. The Kier molecular flexibility index (Phi) is 5.31. The van der Waals surface area contributed by atoms with Gasteiger partial charge in [-0.05, 0) is 63.9 Å². The van der Waals surface area contributed by atoms with Gasteiger partial charge in [-0.15, -0.1) is 0 Å². The summed E-state index contributed by atoms with van der Waals surface area (Å²) in [5.74, 6) is 0.104. The van der Waals surface area contributed by atoms with Gasteiger partial charge in [0.2, 0.25) is 0 Å². The van der Waals surface area contributed by atoms with Gasteiger partial charge in [-0.3, -0.25) is 9.69 Å². The Balaban J connectivity index is 1.66. The van der Waals surface area contributed by atoms with Crippen molar-refractivity contribution in [3.8, 4) is 0 Å². The molecule has 0 spiro atoms. The Hall–Kier alpha value is -2.46. The van der Waals surface area contributed by atoms with Gasteiger partial charge < -0.3 is 0 Å². The summed E-state index contributed by atoms with van der Waals surface area (Å²) in [6.45, 7) is 8.81. The molecule has 1 fully saturated rings. The van der Waals surface area contributed by atoms with Crippen molar-refractivity contribution in [3.05, 3.63) is 70.3 Å². The van der Waals surface area contributed by atoms with Crippen molar-refractivity contribution in [2.24, 2.45) is 5.10 Å². The number of carbonyl (C=O) groups excluding carboxylic acids is 1. The topological polar surface area (TPSA) is 35.9 Å². The minimum atomic E-state index is -0.0226. The number of carbonyl (C=O) groups is 1. The van der Waals surface area contributed by atoms with Crippen LogP contribution in [0.15, 0.2) is 47.6 Å². The highest BCUT2D eigenvalue weighted by Crippen LogP contribution is 2.34. The molecule has 2 aromatic carbocycles. The monoisotopic (exact) mass is 375 g/mol. The molecule has 146 valence electrons. The fraction of sp³-hybridized carbons (Fsp3) is 0.417. The van der Waals surface area contributed by atoms with E-state index in [1.807, 2.05) is 0 Å². The highest BCUT2D eigenvalue weighted by molar-refractivity contribution is 6.04. The number of amides is 1. The minimum absolute atomic E-state index is 0.0226. The van der Waals surface area contributed by atoms with Crippen LogP contribution in [0.5, 0.6) is 0 Å². The van der Waals surface area contributed by atoms with Crippen molar-refractivity contribution in [1.82, 2.24) is 9.91 Å². The van der Waals surface area contributed by atoms with Crippen LogP contribution >= 0.6 is 0 Å². The zero-order chi connectivity index (χ0) is 19.7. The molecular formula is C24H29N3O.